The molecule has 31 heavy (non-hydrogen) atoms. The van der Waals surface area contributed by atoms with E-state index in [1.165, 1.54) is 64.2 Å². The largest absolute Gasteiger partial charge is 0.461 e. The quantitative estimate of drug-likeness (QED) is 0.205. The lowest BCUT2D eigenvalue weighted by Crippen LogP contribution is -2.19. The first-order valence-electron chi connectivity index (χ1n) is 12.1. The smallest absolute Gasteiger partial charge is 0.356 e. The molecule has 0 aliphatic carbocycles. The number of rotatable bonds is 16. The molecular weight excluding hydrogens is 390 g/mol. The van der Waals surface area contributed by atoms with Gasteiger partial charge in [-0.25, -0.2) is 14.6 Å². The van der Waals surface area contributed by atoms with Crippen LogP contribution in [0.5, 0.6) is 0 Å². The molecule has 0 unspecified atom stereocenters. The van der Waals surface area contributed by atoms with Gasteiger partial charge in [-0.2, -0.15) is 0 Å². The van der Waals surface area contributed by atoms with Gasteiger partial charge >= 0.3 is 11.9 Å². The second kappa shape index (κ2) is 15.8. The van der Waals surface area contributed by atoms with E-state index in [9.17, 15) is 9.59 Å². The van der Waals surface area contributed by atoms with Crippen LogP contribution in [0, 0.1) is 5.41 Å². The fourth-order valence-electron chi connectivity index (χ4n) is 3.20. The number of esters is 2. The lowest BCUT2D eigenvalue weighted by molar-refractivity contribution is 0.0359. The summed E-state index contributed by atoms with van der Waals surface area (Å²) in [6, 6.07) is 4.74. The Morgan fingerprint density at radius 3 is 1.68 bits per heavy atom. The molecule has 0 N–H and O–H groups in total. The van der Waals surface area contributed by atoms with E-state index in [-0.39, 0.29) is 16.8 Å². The van der Waals surface area contributed by atoms with Crippen LogP contribution >= 0.6 is 0 Å². The molecule has 1 aromatic heterocycles. The first-order valence-corrected chi connectivity index (χ1v) is 12.1. The number of unbranched alkanes of at least 4 members (excludes halogenated alkanes) is 11. The Hall–Kier alpha value is -1.91. The van der Waals surface area contributed by atoms with Crippen molar-refractivity contribution in [2.24, 2.45) is 5.41 Å². The third-order valence-corrected chi connectivity index (χ3v) is 5.03. The summed E-state index contributed by atoms with van der Waals surface area (Å²) in [5.74, 6) is -1.01. The second-order valence-corrected chi connectivity index (χ2v) is 9.57. The molecule has 5 heteroatoms. The van der Waals surface area contributed by atoms with Gasteiger partial charge in [0.25, 0.3) is 0 Å². The lowest BCUT2D eigenvalue weighted by Gasteiger charge is -2.17. The molecule has 0 atom stereocenters. The molecular formula is C26H43NO4. The second-order valence-electron chi connectivity index (χ2n) is 9.57. The van der Waals surface area contributed by atoms with E-state index in [0.717, 1.165) is 12.8 Å². The molecule has 0 bridgehead atoms. The third kappa shape index (κ3) is 13.9. The number of hydrogen-bond acceptors (Lipinski definition) is 5. The fraction of sp³-hybridized carbons (Fsp3) is 0.731. The van der Waals surface area contributed by atoms with Crippen molar-refractivity contribution in [1.29, 1.82) is 0 Å². The summed E-state index contributed by atoms with van der Waals surface area (Å²) in [5.41, 5.74) is 0.147. The van der Waals surface area contributed by atoms with E-state index < -0.39 is 11.9 Å². The third-order valence-electron chi connectivity index (χ3n) is 5.03. The number of carbonyl (C=O) groups is 2. The standard InChI is InChI=1S/C26H43NO4/c1-5-6-7-8-9-10-11-12-13-14-15-16-20-30-24(28)22-18-17-19-23(27-22)25(29)31-21-26(2,3)4/h17-19H,5-16,20-21H2,1-4H3. The molecule has 0 aliphatic heterocycles. The highest BCUT2D eigenvalue weighted by Crippen LogP contribution is 2.15. The van der Waals surface area contributed by atoms with Crippen molar-refractivity contribution in [2.75, 3.05) is 13.2 Å². The van der Waals surface area contributed by atoms with Crippen molar-refractivity contribution in [3.8, 4) is 0 Å². The monoisotopic (exact) mass is 433 g/mol. The fourth-order valence-corrected chi connectivity index (χ4v) is 3.20. The summed E-state index contributed by atoms with van der Waals surface area (Å²) < 4.78 is 10.6. The molecule has 0 spiro atoms. The van der Waals surface area contributed by atoms with Crippen molar-refractivity contribution in [2.45, 2.75) is 105 Å². The van der Waals surface area contributed by atoms with Crippen LogP contribution in [0.3, 0.4) is 0 Å². The van der Waals surface area contributed by atoms with Gasteiger partial charge in [-0.15, -0.1) is 0 Å². The van der Waals surface area contributed by atoms with Crippen molar-refractivity contribution >= 4 is 11.9 Å². The minimum atomic E-state index is -0.523. The van der Waals surface area contributed by atoms with E-state index in [0.29, 0.717) is 13.2 Å². The molecule has 0 saturated heterocycles. The molecule has 0 aromatic carbocycles. The van der Waals surface area contributed by atoms with Gasteiger partial charge < -0.3 is 9.47 Å². The molecule has 1 heterocycles. The number of hydrogen-bond donors (Lipinski definition) is 0. The predicted octanol–water partition coefficient (Wildman–Crippen LogP) is 7.14. The lowest BCUT2D eigenvalue weighted by atomic mass is 9.99. The molecule has 0 fully saturated rings. The maximum Gasteiger partial charge on any atom is 0.356 e. The van der Waals surface area contributed by atoms with Gasteiger partial charge in [0.05, 0.1) is 13.2 Å². The summed E-state index contributed by atoms with van der Waals surface area (Å²) in [5, 5.41) is 0. The van der Waals surface area contributed by atoms with Gasteiger partial charge in [0.15, 0.2) is 0 Å². The van der Waals surface area contributed by atoms with E-state index in [1.807, 2.05) is 20.8 Å². The topological polar surface area (TPSA) is 65.5 Å². The van der Waals surface area contributed by atoms with Crippen LogP contribution in [0.15, 0.2) is 18.2 Å². The Morgan fingerprint density at radius 2 is 1.19 bits per heavy atom. The van der Waals surface area contributed by atoms with Crippen LogP contribution < -0.4 is 0 Å². The van der Waals surface area contributed by atoms with Crippen LogP contribution in [0.2, 0.25) is 0 Å². The number of aromatic nitrogens is 1. The summed E-state index contributed by atoms with van der Waals surface area (Å²) in [6.07, 6.45) is 15.2. The molecule has 1 aromatic rings. The van der Waals surface area contributed by atoms with Gasteiger partial charge in [-0.05, 0) is 24.0 Å². The molecule has 0 aliphatic rings. The summed E-state index contributed by atoms with van der Waals surface area (Å²) in [7, 11) is 0. The SMILES string of the molecule is CCCCCCCCCCCCCCOC(=O)c1cccc(C(=O)OCC(C)(C)C)n1. The number of nitrogens with zero attached hydrogens (tertiary/aromatic N) is 1. The number of carbonyl (C=O) groups excluding carboxylic acids is 2. The van der Waals surface area contributed by atoms with Crippen LogP contribution in [0.1, 0.15) is 126 Å². The van der Waals surface area contributed by atoms with Crippen molar-refractivity contribution < 1.29 is 19.1 Å². The van der Waals surface area contributed by atoms with E-state index in [2.05, 4.69) is 11.9 Å². The van der Waals surface area contributed by atoms with Crippen LogP contribution in [0.25, 0.3) is 0 Å². The normalized spacial score (nSPS) is 11.4. The maximum atomic E-state index is 12.2. The first-order chi connectivity index (χ1) is 14.8. The van der Waals surface area contributed by atoms with Crippen molar-refractivity contribution in [3.63, 3.8) is 0 Å². The zero-order valence-electron chi connectivity index (χ0n) is 20.2. The highest BCUT2D eigenvalue weighted by Gasteiger charge is 2.17. The highest BCUT2D eigenvalue weighted by molar-refractivity contribution is 5.91. The summed E-state index contributed by atoms with van der Waals surface area (Å²) in [4.78, 5) is 28.4. The Bertz CT molecular complexity index is 637. The average molecular weight is 434 g/mol. The van der Waals surface area contributed by atoms with Gasteiger partial charge in [-0.3, -0.25) is 0 Å². The molecule has 0 amide bonds. The Morgan fingerprint density at radius 1 is 0.742 bits per heavy atom. The minimum absolute atomic E-state index is 0.125. The van der Waals surface area contributed by atoms with Gasteiger partial charge in [0.1, 0.15) is 11.4 Å². The molecule has 5 nitrogen and oxygen atoms in total. The summed E-state index contributed by atoms with van der Waals surface area (Å²) >= 11 is 0. The molecule has 0 radical (unpaired) electrons. The first kappa shape index (κ1) is 27.1. The molecule has 0 saturated carbocycles. The van der Waals surface area contributed by atoms with Crippen LogP contribution in [0.4, 0.5) is 0 Å². The number of ether oxygens (including phenoxy) is 2. The zero-order valence-corrected chi connectivity index (χ0v) is 20.2. The maximum absolute atomic E-state index is 12.2. The van der Waals surface area contributed by atoms with Gasteiger partial charge in [-0.1, -0.05) is 104 Å². The zero-order chi connectivity index (χ0) is 23.0. The Kier molecular flexibility index (Phi) is 13.8. The van der Waals surface area contributed by atoms with Crippen molar-refractivity contribution in [3.05, 3.63) is 29.6 Å². The van der Waals surface area contributed by atoms with Gasteiger partial charge in [0, 0.05) is 0 Å². The predicted molar refractivity (Wildman–Crippen MR) is 125 cm³/mol. The van der Waals surface area contributed by atoms with Gasteiger partial charge in [0.2, 0.25) is 0 Å². The highest BCUT2D eigenvalue weighted by atomic mass is 16.5. The Labute approximate surface area is 189 Å². The summed E-state index contributed by atoms with van der Waals surface area (Å²) in [6.45, 7) is 8.88. The van der Waals surface area contributed by atoms with E-state index >= 15 is 0 Å². The Balaban J connectivity index is 2.14. The molecule has 176 valence electrons. The van der Waals surface area contributed by atoms with Crippen molar-refractivity contribution in [1.82, 2.24) is 4.98 Å². The van der Waals surface area contributed by atoms with Crippen LogP contribution in [-0.2, 0) is 9.47 Å². The molecule has 1 rings (SSSR count). The van der Waals surface area contributed by atoms with Crippen LogP contribution in [-0.4, -0.2) is 30.1 Å². The van der Waals surface area contributed by atoms with E-state index in [4.69, 9.17) is 9.47 Å². The number of pyridine rings is 1. The average Bonchev–Trinajstić information content (AvgIpc) is 2.74. The minimum Gasteiger partial charge on any atom is -0.461 e. The van der Waals surface area contributed by atoms with E-state index in [1.54, 1.807) is 18.2 Å².